The van der Waals surface area contributed by atoms with Gasteiger partial charge in [-0.25, -0.2) is 8.42 Å². The maximum Gasteiger partial charge on any atom is 0.150 e. The van der Waals surface area contributed by atoms with E-state index in [1.165, 1.54) is 0 Å². The maximum atomic E-state index is 11.3. The second-order valence-electron chi connectivity index (χ2n) is 4.22. The third kappa shape index (κ3) is 2.15. The van der Waals surface area contributed by atoms with Gasteiger partial charge in [-0.15, -0.1) is 0 Å². The van der Waals surface area contributed by atoms with E-state index in [1.807, 2.05) is 25.1 Å². The molecule has 1 aromatic carbocycles. The van der Waals surface area contributed by atoms with E-state index in [0.717, 1.165) is 23.2 Å². The summed E-state index contributed by atoms with van der Waals surface area (Å²) in [5.41, 5.74) is 8.65. The van der Waals surface area contributed by atoms with Crippen molar-refractivity contribution in [3.63, 3.8) is 0 Å². The molecule has 0 amide bonds. The van der Waals surface area contributed by atoms with E-state index in [0.29, 0.717) is 5.75 Å². The standard InChI is InChI=1S/C11H15NO2S/c1-8-2-3-9(6-11(8)12)10-4-5-15(13,14)7-10/h2-3,6,10H,4-5,7,12H2,1H3. The number of rotatable bonds is 1. The summed E-state index contributed by atoms with van der Waals surface area (Å²) in [7, 11) is -2.81. The summed E-state index contributed by atoms with van der Waals surface area (Å²) in [6, 6.07) is 5.84. The molecule has 2 rings (SSSR count). The van der Waals surface area contributed by atoms with Crippen molar-refractivity contribution in [1.82, 2.24) is 0 Å². The lowest BCUT2D eigenvalue weighted by Crippen LogP contribution is -2.04. The lowest BCUT2D eigenvalue weighted by molar-refractivity contribution is 0.601. The third-order valence-corrected chi connectivity index (χ3v) is 4.78. The van der Waals surface area contributed by atoms with E-state index in [4.69, 9.17) is 5.73 Å². The predicted octanol–water partition coefficient (Wildman–Crippen LogP) is 1.48. The monoisotopic (exact) mass is 225 g/mol. The fourth-order valence-corrected chi connectivity index (χ4v) is 3.75. The third-order valence-electron chi connectivity index (χ3n) is 3.01. The van der Waals surface area contributed by atoms with Crippen molar-refractivity contribution in [2.24, 2.45) is 0 Å². The highest BCUT2D eigenvalue weighted by molar-refractivity contribution is 7.91. The van der Waals surface area contributed by atoms with Gasteiger partial charge < -0.3 is 5.73 Å². The Morgan fingerprint density at radius 3 is 2.67 bits per heavy atom. The smallest absolute Gasteiger partial charge is 0.150 e. The summed E-state index contributed by atoms with van der Waals surface area (Å²) in [5.74, 6) is 0.721. The zero-order chi connectivity index (χ0) is 11.1. The number of hydrogen-bond donors (Lipinski definition) is 1. The molecule has 1 heterocycles. The quantitative estimate of drug-likeness (QED) is 0.736. The molecule has 1 unspecified atom stereocenters. The van der Waals surface area contributed by atoms with E-state index < -0.39 is 9.84 Å². The van der Waals surface area contributed by atoms with Crippen molar-refractivity contribution < 1.29 is 8.42 Å². The highest BCUT2D eigenvalue weighted by Crippen LogP contribution is 2.30. The van der Waals surface area contributed by atoms with Crippen LogP contribution in [0.15, 0.2) is 18.2 Å². The van der Waals surface area contributed by atoms with Crippen LogP contribution >= 0.6 is 0 Å². The molecule has 2 N–H and O–H groups in total. The van der Waals surface area contributed by atoms with Crippen molar-refractivity contribution >= 4 is 15.5 Å². The Labute approximate surface area is 90.2 Å². The Morgan fingerprint density at radius 2 is 2.13 bits per heavy atom. The molecule has 0 radical (unpaired) electrons. The van der Waals surface area contributed by atoms with Gasteiger partial charge in [-0.2, -0.15) is 0 Å². The van der Waals surface area contributed by atoms with Crippen molar-refractivity contribution in [1.29, 1.82) is 0 Å². The van der Waals surface area contributed by atoms with Crippen LogP contribution in [-0.4, -0.2) is 19.9 Å². The molecule has 0 saturated carbocycles. The molecular formula is C11H15NO2S. The maximum absolute atomic E-state index is 11.3. The van der Waals surface area contributed by atoms with E-state index >= 15 is 0 Å². The molecule has 3 nitrogen and oxygen atoms in total. The van der Waals surface area contributed by atoms with Gasteiger partial charge >= 0.3 is 0 Å². The van der Waals surface area contributed by atoms with Crippen LogP contribution in [0.25, 0.3) is 0 Å². The molecule has 0 bridgehead atoms. The van der Waals surface area contributed by atoms with Crippen LogP contribution in [0.1, 0.15) is 23.5 Å². The summed E-state index contributed by atoms with van der Waals surface area (Å²) >= 11 is 0. The average Bonchev–Trinajstić information content (AvgIpc) is 2.51. The van der Waals surface area contributed by atoms with Gasteiger partial charge in [0.2, 0.25) is 0 Å². The van der Waals surface area contributed by atoms with Gasteiger partial charge in [0, 0.05) is 5.69 Å². The van der Waals surface area contributed by atoms with Crippen LogP contribution in [0.4, 0.5) is 5.69 Å². The first kappa shape index (κ1) is 10.5. The SMILES string of the molecule is Cc1ccc(C2CCS(=O)(=O)C2)cc1N. The summed E-state index contributed by atoms with van der Waals surface area (Å²) < 4.78 is 22.7. The minimum atomic E-state index is -2.81. The molecule has 1 fully saturated rings. The Morgan fingerprint density at radius 1 is 1.40 bits per heavy atom. The lowest BCUT2D eigenvalue weighted by Gasteiger charge is -2.10. The van der Waals surface area contributed by atoms with E-state index in [2.05, 4.69) is 0 Å². The van der Waals surface area contributed by atoms with Gasteiger partial charge in [0.1, 0.15) is 0 Å². The van der Waals surface area contributed by atoms with Gasteiger partial charge in [0.25, 0.3) is 0 Å². The molecule has 1 aliphatic heterocycles. The van der Waals surface area contributed by atoms with Gasteiger partial charge in [0.05, 0.1) is 11.5 Å². The largest absolute Gasteiger partial charge is 0.399 e. The topological polar surface area (TPSA) is 60.2 Å². The van der Waals surface area contributed by atoms with Gasteiger partial charge in [0.15, 0.2) is 9.84 Å². The lowest BCUT2D eigenvalue weighted by atomic mass is 9.97. The fourth-order valence-electron chi connectivity index (χ4n) is 1.97. The summed E-state index contributed by atoms with van der Waals surface area (Å²) in [6.45, 7) is 1.95. The van der Waals surface area contributed by atoms with Gasteiger partial charge in [-0.1, -0.05) is 12.1 Å². The molecule has 1 aliphatic rings. The average molecular weight is 225 g/mol. The molecule has 0 spiro atoms. The number of hydrogen-bond acceptors (Lipinski definition) is 3. The number of nitrogens with two attached hydrogens (primary N) is 1. The first-order valence-electron chi connectivity index (χ1n) is 5.04. The van der Waals surface area contributed by atoms with Crippen molar-refractivity contribution in [2.45, 2.75) is 19.3 Å². The Hall–Kier alpha value is -1.03. The van der Waals surface area contributed by atoms with Crippen LogP contribution in [0, 0.1) is 6.92 Å². The minimum Gasteiger partial charge on any atom is -0.399 e. The number of nitrogen functional groups attached to an aromatic ring is 1. The normalized spacial score (nSPS) is 24.2. The molecule has 1 atom stereocenters. The van der Waals surface area contributed by atoms with Crippen LogP contribution in [0.2, 0.25) is 0 Å². The second kappa shape index (κ2) is 3.52. The predicted molar refractivity (Wildman–Crippen MR) is 61.6 cm³/mol. The number of sulfone groups is 1. The van der Waals surface area contributed by atoms with E-state index in [-0.39, 0.29) is 11.7 Å². The first-order chi connectivity index (χ1) is 6.98. The number of benzene rings is 1. The molecule has 4 heteroatoms. The molecule has 0 aliphatic carbocycles. The molecule has 1 aromatic rings. The Kier molecular flexibility index (Phi) is 2.46. The zero-order valence-electron chi connectivity index (χ0n) is 8.73. The zero-order valence-corrected chi connectivity index (χ0v) is 9.55. The number of aryl methyl sites for hydroxylation is 1. The number of anilines is 1. The van der Waals surface area contributed by atoms with Crippen LogP contribution in [-0.2, 0) is 9.84 Å². The fraction of sp³-hybridized carbons (Fsp3) is 0.455. The van der Waals surface area contributed by atoms with Crippen molar-refractivity contribution in [3.05, 3.63) is 29.3 Å². The van der Waals surface area contributed by atoms with Crippen LogP contribution in [0.3, 0.4) is 0 Å². The van der Waals surface area contributed by atoms with E-state index in [9.17, 15) is 8.42 Å². The molecule has 82 valence electrons. The minimum absolute atomic E-state index is 0.137. The highest BCUT2D eigenvalue weighted by atomic mass is 32.2. The summed E-state index contributed by atoms with van der Waals surface area (Å²) in [5, 5.41) is 0. The molecule has 15 heavy (non-hydrogen) atoms. The Bertz CT molecular complexity index is 479. The van der Waals surface area contributed by atoms with Crippen molar-refractivity contribution in [2.75, 3.05) is 17.2 Å². The highest BCUT2D eigenvalue weighted by Gasteiger charge is 2.28. The van der Waals surface area contributed by atoms with E-state index in [1.54, 1.807) is 0 Å². The van der Waals surface area contributed by atoms with Crippen LogP contribution in [0.5, 0.6) is 0 Å². The van der Waals surface area contributed by atoms with Gasteiger partial charge in [-0.05, 0) is 36.5 Å². The molecular weight excluding hydrogens is 210 g/mol. The molecule has 0 aromatic heterocycles. The second-order valence-corrected chi connectivity index (χ2v) is 6.44. The van der Waals surface area contributed by atoms with Crippen LogP contribution < -0.4 is 5.73 Å². The summed E-state index contributed by atoms with van der Waals surface area (Å²) in [6.07, 6.45) is 0.727. The first-order valence-corrected chi connectivity index (χ1v) is 6.86. The van der Waals surface area contributed by atoms with Crippen molar-refractivity contribution in [3.8, 4) is 0 Å². The summed E-state index contributed by atoms with van der Waals surface area (Å²) in [4.78, 5) is 0. The molecule has 1 saturated heterocycles. The Balaban J connectivity index is 2.28. The van der Waals surface area contributed by atoms with Gasteiger partial charge in [-0.3, -0.25) is 0 Å².